The van der Waals surface area contributed by atoms with E-state index < -0.39 is 0 Å². The minimum absolute atomic E-state index is 0.661. The predicted octanol–water partition coefficient (Wildman–Crippen LogP) is 1.32. The zero-order valence-electron chi connectivity index (χ0n) is 9.21. The molecule has 1 heterocycles. The monoisotopic (exact) mass is 195 g/mol. The summed E-state index contributed by atoms with van der Waals surface area (Å²) in [5.74, 6) is 0. The quantitative estimate of drug-likeness (QED) is 0.640. The lowest BCUT2D eigenvalue weighted by molar-refractivity contribution is 0.236. The summed E-state index contributed by atoms with van der Waals surface area (Å²) in [6, 6.07) is 2.21. The topological polar surface area (TPSA) is 30.3 Å². The molecule has 0 aromatic heterocycles. The van der Waals surface area contributed by atoms with Crippen LogP contribution >= 0.6 is 0 Å². The highest BCUT2D eigenvalue weighted by atomic mass is 15.2. The van der Waals surface area contributed by atoms with Crippen LogP contribution in [-0.2, 0) is 0 Å². The van der Waals surface area contributed by atoms with Crippen molar-refractivity contribution in [3.63, 3.8) is 0 Å². The summed E-state index contributed by atoms with van der Waals surface area (Å²) in [6.07, 6.45) is 3.39. The highest BCUT2D eigenvalue weighted by Crippen LogP contribution is 2.06. The van der Waals surface area contributed by atoms with Gasteiger partial charge in [-0.25, -0.2) is 0 Å². The standard InChI is InChI=1S/C11H21N3/c1-2-13(9-5-6-12)10-11-14-7-3-4-8-14/h2-5,7-11H2,1H3. The summed E-state index contributed by atoms with van der Waals surface area (Å²) in [5.41, 5.74) is 0. The van der Waals surface area contributed by atoms with E-state index in [1.807, 2.05) is 0 Å². The Labute approximate surface area is 87.3 Å². The van der Waals surface area contributed by atoms with E-state index >= 15 is 0 Å². The molecule has 3 heteroatoms. The highest BCUT2D eigenvalue weighted by molar-refractivity contribution is 4.73. The fraction of sp³-hybridized carbons (Fsp3) is 0.909. The molecule has 14 heavy (non-hydrogen) atoms. The van der Waals surface area contributed by atoms with Gasteiger partial charge in [-0.3, -0.25) is 0 Å². The average molecular weight is 195 g/mol. The lowest BCUT2D eigenvalue weighted by atomic mass is 10.4. The van der Waals surface area contributed by atoms with Crippen molar-refractivity contribution in [1.29, 1.82) is 5.26 Å². The molecule has 1 saturated heterocycles. The first-order valence-corrected chi connectivity index (χ1v) is 5.68. The molecule has 1 aliphatic heterocycles. The Morgan fingerprint density at radius 2 is 2.00 bits per heavy atom. The molecule has 0 saturated carbocycles. The van der Waals surface area contributed by atoms with Gasteiger partial charge in [0.1, 0.15) is 0 Å². The Morgan fingerprint density at radius 1 is 1.29 bits per heavy atom. The van der Waals surface area contributed by atoms with Crippen molar-refractivity contribution in [2.45, 2.75) is 26.2 Å². The maximum Gasteiger partial charge on any atom is 0.0635 e. The Balaban J connectivity index is 2.10. The molecular formula is C11H21N3. The van der Waals surface area contributed by atoms with E-state index in [1.165, 1.54) is 32.5 Å². The van der Waals surface area contributed by atoms with Crippen molar-refractivity contribution in [3.05, 3.63) is 0 Å². The molecule has 0 N–H and O–H groups in total. The first kappa shape index (κ1) is 11.5. The van der Waals surface area contributed by atoms with E-state index in [4.69, 9.17) is 5.26 Å². The molecule has 1 fully saturated rings. The molecule has 0 aromatic rings. The summed E-state index contributed by atoms with van der Waals surface area (Å²) in [7, 11) is 0. The smallest absolute Gasteiger partial charge is 0.0635 e. The van der Waals surface area contributed by atoms with E-state index in [0.29, 0.717) is 6.42 Å². The van der Waals surface area contributed by atoms with Gasteiger partial charge in [0.05, 0.1) is 6.07 Å². The van der Waals surface area contributed by atoms with Crippen LogP contribution in [0.15, 0.2) is 0 Å². The van der Waals surface area contributed by atoms with Crippen LogP contribution in [0.4, 0.5) is 0 Å². The SMILES string of the molecule is CCN(CCC#N)CCN1CCCC1. The summed E-state index contributed by atoms with van der Waals surface area (Å²) in [4.78, 5) is 4.89. The number of nitriles is 1. The molecular weight excluding hydrogens is 174 g/mol. The van der Waals surface area contributed by atoms with E-state index in [2.05, 4.69) is 22.8 Å². The second-order valence-electron chi connectivity index (χ2n) is 3.89. The van der Waals surface area contributed by atoms with Crippen molar-refractivity contribution < 1.29 is 0 Å². The van der Waals surface area contributed by atoms with Crippen LogP contribution in [0.3, 0.4) is 0 Å². The zero-order chi connectivity index (χ0) is 10.2. The molecule has 0 bridgehead atoms. The van der Waals surface area contributed by atoms with Crippen LogP contribution < -0.4 is 0 Å². The molecule has 0 amide bonds. The maximum absolute atomic E-state index is 8.50. The van der Waals surface area contributed by atoms with Crippen molar-refractivity contribution in [2.24, 2.45) is 0 Å². The largest absolute Gasteiger partial charge is 0.302 e. The van der Waals surface area contributed by atoms with E-state index in [9.17, 15) is 0 Å². The van der Waals surface area contributed by atoms with Gasteiger partial charge < -0.3 is 9.80 Å². The Morgan fingerprint density at radius 3 is 2.57 bits per heavy atom. The number of likely N-dealkylation sites (N-methyl/N-ethyl adjacent to an activating group) is 1. The summed E-state index contributed by atoms with van der Waals surface area (Å²) in [5, 5.41) is 8.50. The van der Waals surface area contributed by atoms with E-state index in [0.717, 1.165) is 19.6 Å². The molecule has 1 rings (SSSR count). The van der Waals surface area contributed by atoms with Gasteiger partial charge in [-0.1, -0.05) is 6.92 Å². The van der Waals surface area contributed by atoms with Crippen LogP contribution in [0.25, 0.3) is 0 Å². The van der Waals surface area contributed by atoms with Crippen LogP contribution in [0.1, 0.15) is 26.2 Å². The summed E-state index contributed by atoms with van der Waals surface area (Å²) < 4.78 is 0. The fourth-order valence-corrected chi connectivity index (χ4v) is 1.93. The van der Waals surface area contributed by atoms with E-state index in [-0.39, 0.29) is 0 Å². The van der Waals surface area contributed by atoms with Crippen LogP contribution in [-0.4, -0.2) is 49.1 Å². The Kier molecular flexibility index (Phi) is 5.58. The Hall–Kier alpha value is -0.590. The fourth-order valence-electron chi connectivity index (χ4n) is 1.93. The second-order valence-corrected chi connectivity index (χ2v) is 3.89. The number of nitrogens with zero attached hydrogens (tertiary/aromatic N) is 3. The third kappa shape index (κ3) is 4.08. The Bertz CT molecular complexity index is 179. The molecule has 0 aliphatic carbocycles. The van der Waals surface area contributed by atoms with Gasteiger partial charge in [-0.05, 0) is 32.5 Å². The lowest BCUT2D eigenvalue weighted by Gasteiger charge is -2.22. The summed E-state index contributed by atoms with van der Waals surface area (Å²) in [6.45, 7) is 9.01. The molecule has 0 aromatic carbocycles. The lowest BCUT2D eigenvalue weighted by Crippen LogP contribution is -2.34. The third-order valence-corrected chi connectivity index (χ3v) is 2.92. The van der Waals surface area contributed by atoms with Gasteiger partial charge in [0.2, 0.25) is 0 Å². The van der Waals surface area contributed by atoms with E-state index in [1.54, 1.807) is 0 Å². The summed E-state index contributed by atoms with van der Waals surface area (Å²) >= 11 is 0. The maximum atomic E-state index is 8.50. The van der Waals surface area contributed by atoms with Crippen LogP contribution in [0, 0.1) is 11.3 Å². The van der Waals surface area contributed by atoms with Crippen molar-refractivity contribution in [3.8, 4) is 6.07 Å². The average Bonchev–Trinajstić information content (AvgIpc) is 2.71. The van der Waals surface area contributed by atoms with Gasteiger partial charge in [0.25, 0.3) is 0 Å². The molecule has 0 atom stereocenters. The number of hydrogen-bond donors (Lipinski definition) is 0. The van der Waals surface area contributed by atoms with Crippen molar-refractivity contribution >= 4 is 0 Å². The normalized spacial score (nSPS) is 17.5. The molecule has 0 radical (unpaired) electrons. The first-order chi connectivity index (χ1) is 6.86. The van der Waals surface area contributed by atoms with Crippen LogP contribution in [0.2, 0.25) is 0 Å². The highest BCUT2D eigenvalue weighted by Gasteiger charge is 2.12. The number of hydrogen-bond acceptors (Lipinski definition) is 3. The third-order valence-electron chi connectivity index (χ3n) is 2.92. The first-order valence-electron chi connectivity index (χ1n) is 5.68. The van der Waals surface area contributed by atoms with Gasteiger partial charge in [-0.15, -0.1) is 0 Å². The van der Waals surface area contributed by atoms with Gasteiger partial charge >= 0.3 is 0 Å². The van der Waals surface area contributed by atoms with Gasteiger partial charge in [0, 0.05) is 26.1 Å². The second kappa shape index (κ2) is 6.80. The van der Waals surface area contributed by atoms with Crippen molar-refractivity contribution in [2.75, 3.05) is 39.3 Å². The molecule has 80 valence electrons. The minimum atomic E-state index is 0.661. The molecule has 0 unspecified atom stereocenters. The minimum Gasteiger partial charge on any atom is -0.302 e. The van der Waals surface area contributed by atoms with Gasteiger partial charge in [0.15, 0.2) is 0 Å². The molecule has 0 spiro atoms. The number of rotatable bonds is 6. The van der Waals surface area contributed by atoms with Crippen molar-refractivity contribution in [1.82, 2.24) is 9.80 Å². The molecule has 1 aliphatic rings. The molecule has 3 nitrogen and oxygen atoms in total. The zero-order valence-corrected chi connectivity index (χ0v) is 9.21. The van der Waals surface area contributed by atoms with Gasteiger partial charge in [-0.2, -0.15) is 5.26 Å². The van der Waals surface area contributed by atoms with Crippen LogP contribution in [0.5, 0.6) is 0 Å². The predicted molar refractivity (Wildman–Crippen MR) is 58.0 cm³/mol. The number of likely N-dealkylation sites (tertiary alicyclic amines) is 1.